The zero-order valence-corrected chi connectivity index (χ0v) is 11.0. The zero-order chi connectivity index (χ0) is 11.8. The molecule has 17 heavy (non-hydrogen) atoms. The van der Waals surface area contributed by atoms with Gasteiger partial charge in [-0.05, 0) is 47.9 Å². The first kappa shape index (κ1) is 11.0. The minimum absolute atomic E-state index is 0.00765. The molecule has 3 heterocycles. The third kappa shape index (κ3) is 1.83. The van der Waals surface area contributed by atoms with Gasteiger partial charge in [0.25, 0.3) is 5.56 Å². The second-order valence-electron chi connectivity index (χ2n) is 4.43. The van der Waals surface area contributed by atoms with Crippen molar-refractivity contribution in [1.29, 1.82) is 0 Å². The maximum atomic E-state index is 11.9. The predicted molar refractivity (Wildman–Crippen MR) is 71.4 cm³/mol. The van der Waals surface area contributed by atoms with Crippen molar-refractivity contribution in [3.63, 3.8) is 0 Å². The molecule has 0 aliphatic carbocycles. The Balaban J connectivity index is 2.19. The van der Waals surface area contributed by atoms with Crippen molar-refractivity contribution in [3.05, 3.63) is 33.3 Å². The van der Waals surface area contributed by atoms with Crippen molar-refractivity contribution >= 4 is 26.8 Å². The SMILES string of the molecule is O=c1[nH]ccc2c(Br)cn(C3CCNCC3)c12. The van der Waals surface area contributed by atoms with Gasteiger partial charge < -0.3 is 14.9 Å². The number of aromatic nitrogens is 2. The first-order chi connectivity index (χ1) is 8.27. The Labute approximate surface area is 107 Å². The molecule has 0 radical (unpaired) electrons. The number of nitrogens with one attached hydrogen (secondary N) is 2. The van der Waals surface area contributed by atoms with E-state index in [9.17, 15) is 4.79 Å². The Morgan fingerprint density at radius 3 is 2.88 bits per heavy atom. The highest BCUT2D eigenvalue weighted by molar-refractivity contribution is 9.10. The van der Waals surface area contributed by atoms with Gasteiger partial charge in [-0.1, -0.05) is 0 Å². The summed E-state index contributed by atoms with van der Waals surface area (Å²) < 4.78 is 3.12. The van der Waals surface area contributed by atoms with Crippen molar-refractivity contribution in [3.8, 4) is 0 Å². The van der Waals surface area contributed by atoms with Crippen LogP contribution in [0.25, 0.3) is 10.9 Å². The van der Waals surface area contributed by atoms with E-state index in [-0.39, 0.29) is 5.56 Å². The van der Waals surface area contributed by atoms with E-state index in [2.05, 4.69) is 30.8 Å². The number of nitrogens with zero attached hydrogens (tertiary/aromatic N) is 1. The van der Waals surface area contributed by atoms with Gasteiger partial charge in [-0.25, -0.2) is 0 Å². The van der Waals surface area contributed by atoms with E-state index < -0.39 is 0 Å². The van der Waals surface area contributed by atoms with Crippen molar-refractivity contribution < 1.29 is 0 Å². The number of hydrogen-bond acceptors (Lipinski definition) is 2. The normalized spacial score (nSPS) is 17.7. The number of H-pyrrole nitrogens is 1. The van der Waals surface area contributed by atoms with E-state index in [1.54, 1.807) is 6.20 Å². The lowest BCUT2D eigenvalue weighted by atomic mass is 10.1. The summed E-state index contributed by atoms with van der Waals surface area (Å²) in [6, 6.07) is 2.37. The Morgan fingerprint density at radius 1 is 1.35 bits per heavy atom. The summed E-state index contributed by atoms with van der Waals surface area (Å²) in [6.07, 6.45) is 5.88. The lowest BCUT2D eigenvalue weighted by Gasteiger charge is -2.24. The van der Waals surface area contributed by atoms with Gasteiger partial charge in [0.05, 0.1) is 0 Å². The molecule has 4 nitrogen and oxygen atoms in total. The highest BCUT2D eigenvalue weighted by Gasteiger charge is 2.19. The third-order valence-corrected chi connectivity index (χ3v) is 4.04. The zero-order valence-electron chi connectivity index (χ0n) is 9.37. The maximum Gasteiger partial charge on any atom is 0.272 e. The number of hydrogen-bond donors (Lipinski definition) is 2. The molecular weight excluding hydrogens is 282 g/mol. The highest BCUT2D eigenvalue weighted by Crippen LogP contribution is 2.29. The lowest BCUT2D eigenvalue weighted by Crippen LogP contribution is -2.29. The van der Waals surface area contributed by atoms with Crippen LogP contribution in [-0.4, -0.2) is 22.6 Å². The van der Waals surface area contributed by atoms with Gasteiger partial charge in [0.1, 0.15) is 5.52 Å². The summed E-state index contributed by atoms with van der Waals surface area (Å²) in [5, 5.41) is 4.34. The standard InChI is InChI=1S/C12H14BrN3O/c13-10-7-16(8-1-4-14-5-2-8)11-9(10)3-6-15-12(11)17/h3,6-8,14H,1-2,4-5H2,(H,15,17). The summed E-state index contributed by atoms with van der Waals surface area (Å²) in [7, 11) is 0. The fourth-order valence-corrected chi connectivity index (χ4v) is 3.09. The van der Waals surface area contributed by atoms with E-state index in [4.69, 9.17) is 0 Å². The van der Waals surface area contributed by atoms with Crippen LogP contribution in [0, 0.1) is 0 Å². The van der Waals surface area contributed by atoms with Crippen LogP contribution in [0.5, 0.6) is 0 Å². The molecule has 0 bridgehead atoms. The van der Waals surface area contributed by atoms with Gasteiger partial charge in [-0.3, -0.25) is 4.79 Å². The van der Waals surface area contributed by atoms with Crippen molar-refractivity contribution in [2.45, 2.75) is 18.9 Å². The first-order valence-electron chi connectivity index (χ1n) is 5.86. The lowest BCUT2D eigenvalue weighted by molar-refractivity contribution is 0.375. The van der Waals surface area contributed by atoms with Crippen LogP contribution in [0.15, 0.2) is 27.7 Å². The van der Waals surface area contributed by atoms with Crippen LogP contribution < -0.4 is 10.9 Å². The molecule has 0 atom stereocenters. The summed E-state index contributed by atoms with van der Waals surface area (Å²) in [4.78, 5) is 14.7. The quantitative estimate of drug-likeness (QED) is 0.846. The molecule has 0 aromatic carbocycles. The molecule has 1 aliphatic rings. The number of halogens is 1. The van der Waals surface area contributed by atoms with Crippen molar-refractivity contribution in [2.24, 2.45) is 0 Å². The Kier molecular flexibility index (Phi) is 2.80. The number of fused-ring (bicyclic) bond motifs is 1. The molecule has 90 valence electrons. The van der Waals surface area contributed by atoms with Crippen LogP contribution in [0.4, 0.5) is 0 Å². The van der Waals surface area contributed by atoms with Crippen LogP contribution >= 0.6 is 15.9 Å². The van der Waals surface area contributed by atoms with Crippen LogP contribution in [-0.2, 0) is 0 Å². The number of rotatable bonds is 1. The number of aromatic amines is 1. The van der Waals surface area contributed by atoms with Gasteiger partial charge in [0.2, 0.25) is 0 Å². The first-order valence-corrected chi connectivity index (χ1v) is 6.65. The third-order valence-electron chi connectivity index (χ3n) is 3.40. The monoisotopic (exact) mass is 295 g/mol. The molecule has 2 aromatic heterocycles. The summed E-state index contributed by atoms with van der Waals surface area (Å²) in [5.41, 5.74) is 0.776. The number of piperidine rings is 1. The molecule has 2 N–H and O–H groups in total. The molecule has 0 spiro atoms. The maximum absolute atomic E-state index is 11.9. The van der Waals surface area contributed by atoms with Crippen LogP contribution in [0.3, 0.4) is 0 Å². The van der Waals surface area contributed by atoms with Crippen molar-refractivity contribution in [1.82, 2.24) is 14.9 Å². The van der Waals surface area contributed by atoms with E-state index in [1.807, 2.05) is 12.3 Å². The number of pyridine rings is 1. The molecule has 0 saturated carbocycles. The molecule has 5 heteroatoms. The summed E-state index contributed by atoms with van der Waals surface area (Å²) >= 11 is 3.53. The molecule has 1 saturated heterocycles. The molecule has 1 fully saturated rings. The Hall–Kier alpha value is -1.07. The predicted octanol–water partition coefficient (Wildman–Crippen LogP) is 2.02. The molecular formula is C12H14BrN3O. The molecule has 0 unspecified atom stereocenters. The molecule has 0 amide bonds. The van der Waals surface area contributed by atoms with E-state index in [1.165, 1.54) is 0 Å². The van der Waals surface area contributed by atoms with E-state index in [0.29, 0.717) is 6.04 Å². The minimum Gasteiger partial charge on any atom is -0.339 e. The molecule has 3 rings (SSSR count). The fourth-order valence-electron chi connectivity index (χ4n) is 2.55. The van der Waals surface area contributed by atoms with Gasteiger partial charge >= 0.3 is 0 Å². The summed E-state index contributed by atoms with van der Waals surface area (Å²) in [5.74, 6) is 0. The largest absolute Gasteiger partial charge is 0.339 e. The average Bonchev–Trinajstić information content (AvgIpc) is 2.70. The Bertz CT molecular complexity index is 595. The smallest absolute Gasteiger partial charge is 0.272 e. The summed E-state index contributed by atoms with van der Waals surface area (Å²) in [6.45, 7) is 2.04. The van der Waals surface area contributed by atoms with Gasteiger partial charge in [0.15, 0.2) is 0 Å². The Morgan fingerprint density at radius 2 is 2.12 bits per heavy atom. The topological polar surface area (TPSA) is 49.8 Å². The molecule has 2 aromatic rings. The van der Waals surface area contributed by atoms with Crippen molar-refractivity contribution in [2.75, 3.05) is 13.1 Å². The van der Waals surface area contributed by atoms with E-state index in [0.717, 1.165) is 41.3 Å². The van der Waals surface area contributed by atoms with E-state index >= 15 is 0 Å². The molecule has 1 aliphatic heterocycles. The van der Waals surface area contributed by atoms with Gasteiger partial charge in [-0.2, -0.15) is 0 Å². The second-order valence-corrected chi connectivity index (χ2v) is 5.29. The fraction of sp³-hybridized carbons (Fsp3) is 0.417. The average molecular weight is 296 g/mol. The second kappa shape index (κ2) is 4.31. The van der Waals surface area contributed by atoms with Crippen LogP contribution in [0.2, 0.25) is 0 Å². The highest BCUT2D eigenvalue weighted by atomic mass is 79.9. The van der Waals surface area contributed by atoms with Gasteiger partial charge in [0, 0.05) is 28.3 Å². The van der Waals surface area contributed by atoms with Gasteiger partial charge in [-0.15, -0.1) is 0 Å². The minimum atomic E-state index is -0.00765. The van der Waals surface area contributed by atoms with Crippen LogP contribution in [0.1, 0.15) is 18.9 Å².